The number of unbranched alkanes of at least 4 members (excludes halogenated alkanes) is 1. The van der Waals surface area contributed by atoms with Crippen molar-refractivity contribution < 1.29 is 9.59 Å². The molecule has 0 aliphatic carbocycles. The van der Waals surface area contributed by atoms with Crippen LogP contribution in [0.25, 0.3) is 0 Å². The Morgan fingerprint density at radius 2 is 1.79 bits per heavy atom. The van der Waals surface area contributed by atoms with Crippen LogP contribution in [0.15, 0.2) is 18.2 Å². The molecule has 0 heterocycles. The van der Waals surface area contributed by atoms with E-state index in [9.17, 15) is 9.59 Å². The highest BCUT2D eigenvalue weighted by Gasteiger charge is 2.10. The van der Waals surface area contributed by atoms with Crippen molar-refractivity contribution in [3.05, 3.63) is 28.2 Å². The maximum Gasteiger partial charge on any atom is 0.243 e. The van der Waals surface area contributed by atoms with E-state index in [1.54, 1.807) is 18.2 Å². The fraction of sp³-hybridized carbons (Fsp3) is 0.385. The number of para-hydroxylation sites is 1. The molecule has 104 valence electrons. The molecule has 1 rings (SSSR count). The predicted octanol–water partition coefficient (Wildman–Crippen LogP) is 3.24. The second kappa shape index (κ2) is 8.02. The Morgan fingerprint density at radius 1 is 1.16 bits per heavy atom. The molecule has 0 unspecified atom stereocenters. The summed E-state index contributed by atoms with van der Waals surface area (Å²) in [5, 5.41) is 5.83. The molecule has 6 heteroatoms. The van der Waals surface area contributed by atoms with Crippen LogP contribution in [-0.2, 0) is 9.59 Å². The monoisotopic (exact) mass is 302 g/mol. The van der Waals surface area contributed by atoms with Gasteiger partial charge < -0.3 is 10.6 Å². The van der Waals surface area contributed by atoms with E-state index in [1.165, 1.54) is 0 Å². The first-order valence-corrected chi connectivity index (χ1v) is 6.80. The normalized spacial score (nSPS) is 10.1. The third kappa shape index (κ3) is 5.49. The van der Waals surface area contributed by atoms with Crippen LogP contribution in [0.4, 0.5) is 5.69 Å². The molecule has 0 aliphatic rings. The number of carbonyl (C=O) groups excluding carboxylic acids is 2. The number of amides is 2. The predicted molar refractivity (Wildman–Crippen MR) is 77.6 cm³/mol. The lowest BCUT2D eigenvalue weighted by atomic mass is 10.2. The number of rotatable bonds is 6. The minimum atomic E-state index is -0.361. The van der Waals surface area contributed by atoms with Gasteiger partial charge in [0.15, 0.2) is 0 Å². The molecule has 0 saturated carbocycles. The molecule has 0 fully saturated rings. The Kier molecular flexibility index (Phi) is 6.67. The Morgan fingerprint density at radius 3 is 2.37 bits per heavy atom. The van der Waals surface area contributed by atoms with Gasteiger partial charge in [0, 0.05) is 6.42 Å². The molecule has 0 spiro atoms. The molecule has 0 atom stereocenters. The summed E-state index contributed by atoms with van der Waals surface area (Å²) in [6.07, 6.45) is 2.18. The molecule has 0 aromatic heterocycles. The minimum Gasteiger partial charge on any atom is -0.347 e. The fourth-order valence-electron chi connectivity index (χ4n) is 1.41. The Hall–Kier alpha value is -1.26. The topological polar surface area (TPSA) is 58.2 Å². The lowest BCUT2D eigenvalue weighted by Gasteiger charge is -2.09. The zero-order valence-corrected chi connectivity index (χ0v) is 12.1. The zero-order chi connectivity index (χ0) is 14.3. The fourth-order valence-corrected chi connectivity index (χ4v) is 1.90. The van der Waals surface area contributed by atoms with Crippen molar-refractivity contribution >= 4 is 40.7 Å². The Balaban J connectivity index is 2.45. The van der Waals surface area contributed by atoms with Gasteiger partial charge in [0.1, 0.15) is 0 Å². The van der Waals surface area contributed by atoms with E-state index in [0.717, 1.165) is 12.8 Å². The van der Waals surface area contributed by atoms with Crippen LogP contribution < -0.4 is 10.6 Å². The zero-order valence-electron chi connectivity index (χ0n) is 10.6. The van der Waals surface area contributed by atoms with Gasteiger partial charge in [-0.2, -0.15) is 0 Å². The number of halogens is 2. The molecular weight excluding hydrogens is 287 g/mol. The average molecular weight is 303 g/mol. The van der Waals surface area contributed by atoms with Crippen molar-refractivity contribution in [3.8, 4) is 0 Å². The molecule has 2 N–H and O–H groups in total. The summed E-state index contributed by atoms with van der Waals surface area (Å²) >= 11 is 11.8. The summed E-state index contributed by atoms with van der Waals surface area (Å²) in [5.74, 6) is -0.498. The largest absolute Gasteiger partial charge is 0.347 e. The molecule has 1 aromatic carbocycles. The smallest absolute Gasteiger partial charge is 0.243 e. The van der Waals surface area contributed by atoms with Gasteiger partial charge in [0.2, 0.25) is 11.8 Å². The molecule has 0 radical (unpaired) electrons. The van der Waals surface area contributed by atoms with Gasteiger partial charge in [-0.15, -0.1) is 0 Å². The van der Waals surface area contributed by atoms with Gasteiger partial charge in [-0.3, -0.25) is 9.59 Å². The van der Waals surface area contributed by atoms with Crippen molar-refractivity contribution in [2.24, 2.45) is 0 Å². The quantitative estimate of drug-likeness (QED) is 0.847. The Labute approximate surface area is 122 Å². The molecule has 0 saturated heterocycles. The van der Waals surface area contributed by atoms with Gasteiger partial charge in [0.25, 0.3) is 0 Å². The van der Waals surface area contributed by atoms with Crippen LogP contribution in [0, 0.1) is 0 Å². The second-order valence-electron chi connectivity index (χ2n) is 4.03. The SMILES string of the molecule is CCCCC(=O)NCC(=O)Nc1c(Cl)cccc1Cl. The van der Waals surface area contributed by atoms with Crippen LogP contribution in [0.2, 0.25) is 10.0 Å². The van der Waals surface area contributed by atoms with Crippen LogP contribution in [-0.4, -0.2) is 18.4 Å². The number of anilines is 1. The number of hydrogen-bond donors (Lipinski definition) is 2. The highest BCUT2D eigenvalue weighted by Crippen LogP contribution is 2.29. The first-order valence-electron chi connectivity index (χ1n) is 6.05. The summed E-state index contributed by atoms with van der Waals surface area (Å²) in [5.41, 5.74) is 0.360. The lowest BCUT2D eigenvalue weighted by Crippen LogP contribution is -2.32. The molecule has 0 aliphatic heterocycles. The van der Waals surface area contributed by atoms with Crippen LogP contribution in [0.3, 0.4) is 0 Å². The Bertz CT molecular complexity index is 444. The summed E-state index contributed by atoms with van der Waals surface area (Å²) < 4.78 is 0. The number of benzene rings is 1. The summed E-state index contributed by atoms with van der Waals surface area (Å²) in [6.45, 7) is 1.91. The number of hydrogen-bond acceptors (Lipinski definition) is 2. The standard InChI is InChI=1S/C13H16Cl2N2O2/c1-2-3-7-11(18)16-8-12(19)17-13-9(14)5-4-6-10(13)15/h4-6H,2-3,7-8H2,1H3,(H,16,18)(H,17,19). The van der Waals surface area contributed by atoms with Gasteiger partial charge >= 0.3 is 0 Å². The van der Waals surface area contributed by atoms with Crippen molar-refractivity contribution in [1.29, 1.82) is 0 Å². The average Bonchev–Trinajstić information content (AvgIpc) is 2.38. The van der Waals surface area contributed by atoms with E-state index in [1.807, 2.05) is 6.92 Å². The van der Waals surface area contributed by atoms with E-state index in [0.29, 0.717) is 22.2 Å². The summed E-state index contributed by atoms with van der Waals surface area (Å²) in [6, 6.07) is 4.94. The summed E-state index contributed by atoms with van der Waals surface area (Å²) in [7, 11) is 0. The van der Waals surface area contributed by atoms with Crippen LogP contribution >= 0.6 is 23.2 Å². The van der Waals surface area contributed by atoms with Gasteiger partial charge in [-0.25, -0.2) is 0 Å². The van der Waals surface area contributed by atoms with Crippen molar-refractivity contribution in [3.63, 3.8) is 0 Å². The third-order valence-electron chi connectivity index (χ3n) is 2.43. The van der Waals surface area contributed by atoms with E-state index >= 15 is 0 Å². The molecular formula is C13H16Cl2N2O2. The van der Waals surface area contributed by atoms with Gasteiger partial charge in [-0.1, -0.05) is 42.6 Å². The minimum absolute atomic E-state index is 0.0932. The van der Waals surface area contributed by atoms with Gasteiger partial charge in [-0.05, 0) is 18.6 Å². The first kappa shape index (κ1) is 15.8. The molecule has 0 bridgehead atoms. The highest BCUT2D eigenvalue weighted by atomic mass is 35.5. The van der Waals surface area contributed by atoms with Crippen molar-refractivity contribution in [2.45, 2.75) is 26.2 Å². The number of nitrogens with one attached hydrogen (secondary N) is 2. The van der Waals surface area contributed by atoms with Crippen molar-refractivity contribution in [2.75, 3.05) is 11.9 Å². The second-order valence-corrected chi connectivity index (χ2v) is 4.84. The van der Waals surface area contributed by atoms with Gasteiger partial charge in [0.05, 0.1) is 22.3 Å². The van der Waals surface area contributed by atoms with Crippen LogP contribution in [0.5, 0.6) is 0 Å². The maximum atomic E-state index is 11.7. The first-order chi connectivity index (χ1) is 9.04. The van der Waals surface area contributed by atoms with Crippen molar-refractivity contribution in [1.82, 2.24) is 5.32 Å². The lowest BCUT2D eigenvalue weighted by molar-refractivity contribution is -0.124. The molecule has 19 heavy (non-hydrogen) atoms. The van der Waals surface area contributed by atoms with E-state index in [2.05, 4.69) is 10.6 Å². The summed E-state index contributed by atoms with van der Waals surface area (Å²) in [4.78, 5) is 23.0. The van der Waals surface area contributed by atoms with E-state index < -0.39 is 0 Å². The third-order valence-corrected chi connectivity index (χ3v) is 3.06. The molecule has 1 aromatic rings. The number of carbonyl (C=O) groups is 2. The molecule has 4 nitrogen and oxygen atoms in total. The van der Waals surface area contributed by atoms with E-state index in [-0.39, 0.29) is 18.4 Å². The molecule has 2 amide bonds. The highest BCUT2D eigenvalue weighted by molar-refractivity contribution is 6.39. The maximum absolute atomic E-state index is 11.7. The van der Waals surface area contributed by atoms with E-state index in [4.69, 9.17) is 23.2 Å². The van der Waals surface area contributed by atoms with Crippen LogP contribution in [0.1, 0.15) is 26.2 Å².